The molecule has 0 radical (unpaired) electrons. The van der Waals surface area contributed by atoms with E-state index < -0.39 is 0 Å². The Morgan fingerprint density at radius 3 is 2.68 bits per heavy atom. The molecule has 2 heterocycles. The number of tetrazole rings is 1. The minimum absolute atomic E-state index is 0.231. The Morgan fingerprint density at radius 1 is 1.14 bits per heavy atom. The molecule has 0 unspecified atom stereocenters. The van der Waals surface area contributed by atoms with Crippen LogP contribution in [-0.4, -0.2) is 37.1 Å². The molecule has 112 valence electrons. The van der Waals surface area contributed by atoms with Gasteiger partial charge < -0.3 is 0 Å². The maximum atomic E-state index is 4.18. The van der Waals surface area contributed by atoms with E-state index in [1.807, 2.05) is 42.6 Å². The summed E-state index contributed by atoms with van der Waals surface area (Å²) >= 11 is 0. The van der Waals surface area contributed by atoms with E-state index in [2.05, 4.69) is 45.4 Å². The fraction of sp³-hybridized carbons (Fsp3) is 0.250. The SMILES string of the molecule is C[C@@H](c1cccnc1)N(C)Cc1nnnn1-c1ccccc1. The zero-order chi connectivity index (χ0) is 15.4. The zero-order valence-corrected chi connectivity index (χ0v) is 12.7. The van der Waals surface area contributed by atoms with Gasteiger partial charge in [-0.05, 0) is 48.2 Å². The second kappa shape index (κ2) is 6.44. The van der Waals surface area contributed by atoms with Crippen LogP contribution in [0.15, 0.2) is 54.9 Å². The summed E-state index contributed by atoms with van der Waals surface area (Å²) in [6.45, 7) is 2.80. The summed E-state index contributed by atoms with van der Waals surface area (Å²) in [5.74, 6) is 0.810. The van der Waals surface area contributed by atoms with Crippen molar-refractivity contribution >= 4 is 0 Å². The summed E-state index contributed by atoms with van der Waals surface area (Å²) in [6.07, 6.45) is 3.67. The van der Waals surface area contributed by atoms with E-state index in [0.29, 0.717) is 6.54 Å². The van der Waals surface area contributed by atoms with Gasteiger partial charge in [-0.25, -0.2) is 0 Å². The Labute approximate surface area is 129 Å². The van der Waals surface area contributed by atoms with Crippen molar-refractivity contribution in [2.75, 3.05) is 7.05 Å². The molecular weight excluding hydrogens is 276 g/mol. The van der Waals surface area contributed by atoms with E-state index in [1.54, 1.807) is 10.9 Å². The predicted molar refractivity (Wildman–Crippen MR) is 83.3 cm³/mol. The smallest absolute Gasteiger partial charge is 0.170 e. The van der Waals surface area contributed by atoms with E-state index in [9.17, 15) is 0 Å². The van der Waals surface area contributed by atoms with Crippen LogP contribution in [-0.2, 0) is 6.54 Å². The Balaban J connectivity index is 1.78. The van der Waals surface area contributed by atoms with Gasteiger partial charge in [-0.1, -0.05) is 24.3 Å². The second-order valence-electron chi connectivity index (χ2n) is 5.22. The number of benzene rings is 1. The third kappa shape index (κ3) is 3.01. The number of para-hydroxylation sites is 1. The lowest BCUT2D eigenvalue weighted by Gasteiger charge is -2.24. The van der Waals surface area contributed by atoms with Crippen LogP contribution >= 0.6 is 0 Å². The molecule has 0 fully saturated rings. The molecule has 22 heavy (non-hydrogen) atoms. The van der Waals surface area contributed by atoms with Gasteiger partial charge in [-0.15, -0.1) is 5.10 Å². The molecule has 0 aliphatic rings. The van der Waals surface area contributed by atoms with Crippen LogP contribution in [0.3, 0.4) is 0 Å². The quantitative estimate of drug-likeness (QED) is 0.722. The summed E-state index contributed by atoms with van der Waals surface area (Å²) in [5, 5.41) is 12.0. The van der Waals surface area contributed by atoms with Gasteiger partial charge in [0.2, 0.25) is 0 Å². The van der Waals surface area contributed by atoms with Crippen molar-refractivity contribution in [2.45, 2.75) is 19.5 Å². The first-order valence-electron chi connectivity index (χ1n) is 7.18. The van der Waals surface area contributed by atoms with Crippen molar-refractivity contribution in [3.8, 4) is 5.69 Å². The Bertz CT molecular complexity index is 710. The minimum Gasteiger partial charge on any atom is -0.292 e. The first kappa shape index (κ1) is 14.3. The van der Waals surface area contributed by atoms with Crippen LogP contribution in [0.2, 0.25) is 0 Å². The maximum Gasteiger partial charge on any atom is 0.170 e. The van der Waals surface area contributed by atoms with Crippen LogP contribution in [0.1, 0.15) is 24.4 Å². The molecule has 0 N–H and O–H groups in total. The topological polar surface area (TPSA) is 59.7 Å². The molecule has 0 aliphatic heterocycles. The fourth-order valence-corrected chi connectivity index (χ4v) is 2.31. The number of pyridine rings is 1. The standard InChI is InChI=1S/C16H18N6/c1-13(14-7-6-10-17-11-14)21(2)12-16-18-19-20-22(16)15-8-4-3-5-9-15/h3-11,13H,12H2,1-2H3/t13-/m0/s1. The molecule has 1 aromatic carbocycles. The van der Waals surface area contributed by atoms with Crippen LogP contribution in [0, 0.1) is 0 Å². The monoisotopic (exact) mass is 294 g/mol. The van der Waals surface area contributed by atoms with Crippen LogP contribution in [0.25, 0.3) is 5.69 Å². The summed E-state index contributed by atoms with van der Waals surface area (Å²) in [5.41, 5.74) is 2.13. The molecule has 6 heteroatoms. The molecule has 0 amide bonds. The van der Waals surface area contributed by atoms with Crippen molar-refractivity contribution < 1.29 is 0 Å². The molecule has 0 aliphatic carbocycles. The lowest BCUT2D eigenvalue weighted by molar-refractivity contribution is 0.244. The molecule has 0 spiro atoms. The van der Waals surface area contributed by atoms with Crippen LogP contribution < -0.4 is 0 Å². The van der Waals surface area contributed by atoms with Gasteiger partial charge in [-0.2, -0.15) is 4.68 Å². The summed E-state index contributed by atoms with van der Waals surface area (Å²) in [6, 6.07) is 14.2. The average molecular weight is 294 g/mol. The second-order valence-corrected chi connectivity index (χ2v) is 5.22. The van der Waals surface area contributed by atoms with Gasteiger partial charge in [-0.3, -0.25) is 9.88 Å². The molecule has 6 nitrogen and oxygen atoms in total. The Hall–Kier alpha value is -2.60. The largest absolute Gasteiger partial charge is 0.292 e. The van der Waals surface area contributed by atoms with Crippen molar-refractivity contribution in [3.05, 3.63) is 66.2 Å². The highest BCUT2D eigenvalue weighted by Gasteiger charge is 2.16. The van der Waals surface area contributed by atoms with Crippen molar-refractivity contribution in [1.82, 2.24) is 30.1 Å². The van der Waals surface area contributed by atoms with Crippen LogP contribution in [0.4, 0.5) is 0 Å². The van der Waals surface area contributed by atoms with E-state index in [-0.39, 0.29) is 6.04 Å². The van der Waals surface area contributed by atoms with Gasteiger partial charge in [0, 0.05) is 18.4 Å². The van der Waals surface area contributed by atoms with E-state index in [0.717, 1.165) is 11.5 Å². The number of aromatic nitrogens is 5. The fourth-order valence-electron chi connectivity index (χ4n) is 2.31. The summed E-state index contributed by atoms with van der Waals surface area (Å²) < 4.78 is 1.77. The molecule has 2 aromatic heterocycles. The van der Waals surface area contributed by atoms with Crippen LogP contribution in [0.5, 0.6) is 0 Å². The van der Waals surface area contributed by atoms with Gasteiger partial charge in [0.05, 0.1) is 12.2 Å². The molecule has 3 rings (SSSR count). The molecule has 0 saturated carbocycles. The van der Waals surface area contributed by atoms with Gasteiger partial charge >= 0.3 is 0 Å². The highest BCUT2D eigenvalue weighted by atomic mass is 15.5. The van der Waals surface area contributed by atoms with Crippen molar-refractivity contribution in [3.63, 3.8) is 0 Å². The lowest BCUT2D eigenvalue weighted by Crippen LogP contribution is -2.24. The highest BCUT2D eigenvalue weighted by Crippen LogP contribution is 2.19. The Morgan fingerprint density at radius 2 is 1.95 bits per heavy atom. The number of hydrogen-bond donors (Lipinski definition) is 0. The third-order valence-electron chi connectivity index (χ3n) is 3.75. The number of nitrogens with zero attached hydrogens (tertiary/aromatic N) is 6. The number of hydrogen-bond acceptors (Lipinski definition) is 5. The maximum absolute atomic E-state index is 4.18. The Kier molecular flexibility index (Phi) is 4.20. The van der Waals surface area contributed by atoms with E-state index in [1.165, 1.54) is 5.56 Å². The van der Waals surface area contributed by atoms with Gasteiger partial charge in [0.1, 0.15) is 0 Å². The van der Waals surface area contributed by atoms with Gasteiger partial charge in [0.25, 0.3) is 0 Å². The normalized spacial score (nSPS) is 12.5. The average Bonchev–Trinajstić information content (AvgIpc) is 3.04. The first-order valence-corrected chi connectivity index (χ1v) is 7.18. The third-order valence-corrected chi connectivity index (χ3v) is 3.75. The van der Waals surface area contributed by atoms with E-state index >= 15 is 0 Å². The predicted octanol–water partition coefficient (Wildman–Crippen LogP) is 2.25. The molecular formula is C16H18N6. The molecule has 0 bridgehead atoms. The first-order chi connectivity index (χ1) is 10.8. The highest BCUT2D eigenvalue weighted by molar-refractivity contribution is 5.30. The van der Waals surface area contributed by atoms with Crippen molar-refractivity contribution in [1.29, 1.82) is 0 Å². The summed E-state index contributed by atoms with van der Waals surface area (Å²) in [4.78, 5) is 6.37. The minimum atomic E-state index is 0.231. The van der Waals surface area contributed by atoms with E-state index in [4.69, 9.17) is 0 Å². The lowest BCUT2D eigenvalue weighted by atomic mass is 10.1. The molecule has 1 atom stereocenters. The summed E-state index contributed by atoms with van der Waals surface area (Å²) in [7, 11) is 2.06. The number of rotatable bonds is 5. The molecule has 0 saturated heterocycles. The van der Waals surface area contributed by atoms with Gasteiger partial charge in [0.15, 0.2) is 5.82 Å². The molecule has 3 aromatic rings. The van der Waals surface area contributed by atoms with Crippen molar-refractivity contribution in [2.24, 2.45) is 0 Å². The zero-order valence-electron chi connectivity index (χ0n) is 12.7.